The van der Waals surface area contributed by atoms with Crippen molar-refractivity contribution in [2.75, 3.05) is 7.11 Å². The van der Waals surface area contributed by atoms with Crippen LogP contribution in [-0.4, -0.2) is 24.9 Å². The molecule has 0 radical (unpaired) electrons. The highest BCUT2D eigenvalue weighted by molar-refractivity contribution is 6.30. The maximum absolute atomic E-state index is 13.4. The number of carbonyl (C=O) groups excluding carboxylic acids is 2. The van der Waals surface area contributed by atoms with Crippen LogP contribution in [0.4, 0.5) is 4.39 Å². The molecule has 0 aromatic heterocycles. The zero-order chi connectivity index (χ0) is 22.7. The highest BCUT2D eigenvalue weighted by Gasteiger charge is 2.24. The number of rotatable bonds is 5. The molecule has 32 heavy (non-hydrogen) atoms. The highest BCUT2D eigenvalue weighted by Crippen LogP contribution is 2.30. The molecule has 6 nitrogen and oxygen atoms in total. The van der Waals surface area contributed by atoms with Crippen molar-refractivity contribution < 1.29 is 28.2 Å². The molecule has 1 aliphatic rings. The predicted octanol–water partition coefficient (Wildman–Crippen LogP) is 5.05. The Morgan fingerprint density at radius 3 is 2.56 bits per heavy atom. The third-order valence-electron chi connectivity index (χ3n) is 4.47. The molecule has 1 aliphatic heterocycles. The Balaban J connectivity index is 1.57. The van der Waals surface area contributed by atoms with Gasteiger partial charge in [0.15, 0.2) is 17.2 Å². The van der Waals surface area contributed by atoms with E-state index in [4.69, 9.17) is 25.8 Å². The molecular formula is C24H15ClFNO5. The third kappa shape index (κ3) is 4.68. The van der Waals surface area contributed by atoms with Gasteiger partial charge in [-0.1, -0.05) is 23.7 Å². The van der Waals surface area contributed by atoms with Crippen LogP contribution >= 0.6 is 11.6 Å². The first kappa shape index (κ1) is 21.3. The molecule has 8 heteroatoms. The van der Waals surface area contributed by atoms with Crippen LogP contribution in [0.1, 0.15) is 21.5 Å². The first-order valence-electron chi connectivity index (χ1n) is 9.37. The van der Waals surface area contributed by atoms with Crippen LogP contribution in [0.3, 0.4) is 0 Å². The monoisotopic (exact) mass is 451 g/mol. The molecule has 0 N–H and O–H groups in total. The average molecular weight is 452 g/mol. The number of esters is 2. The Bertz CT molecular complexity index is 1270. The number of benzene rings is 3. The van der Waals surface area contributed by atoms with Crippen LogP contribution < -0.4 is 9.47 Å². The van der Waals surface area contributed by atoms with E-state index in [9.17, 15) is 14.0 Å². The normalized spacial score (nSPS) is 14.2. The summed E-state index contributed by atoms with van der Waals surface area (Å²) < 4.78 is 29.2. The SMILES string of the molecule is COc1cc(/C=C2/N=C(c3ccc(Cl)cc3)OC2=O)ccc1OC(=O)c1cccc(F)c1. The van der Waals surface area contributed by atoms with E-state index in [0.29, 0.717) is 16.1 Å². The van der Waals surface area contributed by atoms with Crippen LogP contribution in [0, 0.1) is 5.82 Å². The molecule has 0 amide bonds. The van der Waals surface area contributed by atoms with Gasteiger partial charge in [-0.2, -0.15) is 0 Å². The van der Waals surface area contributed by atoms with Gasteiger partial charge in [0.2, 0.25) is 5.90 Å². The van der Waals surface area contributed by atoms with Crippen molar-refractivity contribution in [2.45, 2.75) is 0 Å². The minimum absolute atomic E-state index is 0.0658. The molecule has 0 atom stereocenters. The molecule has 3 aromatic carbocycles. The van der Waals surface area contributed by atoms with E-state index in [1.807, 2.05) is 0 Å². The molecule has 0 saturated heterocycles. The van der Waals surface area contributed by atoms with E-state index >= 15 is 0 Å². The molecule has 0 fully saturated rings. The van der Waals surface area contributed by atoms with E-state index in [2.05, 4.69) is 4.99 Å². The van der Waals surface area contributed by atoms with Crippen molar-refractivity contribution >= 4 is 35.5 Å². The second-order valence-corrected chi connectivity index (χ2v) is 7.09. The third-order valence-corrected chi connectivity index (χ3v) is 4.72. The summed E-state index contributed by atoms with van der Waals surface area (Å²) in [5, 5.41) is 0.555. The lowest BCUT2D eigenvalue weighted by atomic mass is 10.1. The zero-order valence-corrected chi connectivity index (χ0v) is 17.4. The van der Waals surface area contributed by atoms with Crippen LogP contribution in [-0.2, 0) is 9.53 Å². The van der Waals surface area contributed by atoms with Crippen LogP contribution in [0.25, 0.3) is 6.08 Å². The maximum atomic E-state index is 13.4. The van der Waals surface area contributed by atoms with E-state index in [1.165, 1.54) is 37.5 Å². The first-order valence-corrected chi connectivity index (χ1v) is 9.75. The van der Waals surface area contributed by atoms with E-state index in [1.54, 1.807) is 36.4 Å². The summed E-state index contributed by atoms with van der Waals surface area (Å²) in [4.78, 5) is 28.7. The minimum Gasteiger partial charge on any atom is -0.493 e. The summed E-state index contributed by atoms with van der Waals surface area (Å²) >= 11 is 5.88. The lowest BCUT2D eigenvalue weighted by Crippen LogP contribution is -2.09. The number of hydrogen-bond donors (Lipinski definition) is 0. The number of ether oxygens (including phenoxy) is 3. The molecule has 160 valence electrons. The van der Waals surface area contributed by atoms with Gasteiger partial charge in [-0.05, 0) is 66.2 Å². The number of methoxy groups -OCH3 is 1. The Morgan fingerprint density at radius 2 is 1.84 bits per heavy atom. The molecule has 4 rings (SSSR count). The largest absolute Gasteiger partial charge is 0.493 e. The van der Waals surface area contributed by atoms with Gasteiger partial charge in [0.05, 0.1) is 12.7 Å². The number of halogens is 2. The molecule has 0 aliphatic carbocycles. The van der Waals surface area contributed by atoms with Gasteiger partial charge in [-0.3, -0.25) is 0 Å². The van der Waals surface area contributed by atoms with Gasteiger partial charge in [-0.25, -0.2) is 19.0 Å². The Hall–Kier alpha value is -3.97. The Kier molecular flexibility index (Phi) is 6.00. The molecule has 0 unspecified atom stereocenters. The van der Waals surface area contributed by atoms with Gasteiger partial charge >= 0.3 is 11.9 Å². The lowest BCUT2D eigenvalue weighted by Gasteiger charge is -2.10. The van der Waals surface area contributed by atoms with Gasteiger partial charge < -0.3 is 14.2 Å². The number of cyclic esters (lactones) is 1. The van der Waals surface area contributed by atoms with Crippen molar-refractivity contribution in [1.29, 1.82) is 0 Å². The minimum atomic E-state index is -0.731. The highest BCUT2D eigenvalue weighted by atomic mass is 35.5. The Labute approximate surface area is 187 Å². The molecular weight excluding hydrogens is 437 g/mol. The summed E-state index contributed by atoms with van der Waals surface area (Å²) in [7, 11) is 1.41. The van der Waals surface area contributed by atoms with Crippen molar-refractivity contribution in [3.63, 3.8) is 0 Å². The molecule has 0 bridgehead atoms. The number of carbonyl (C=O) groups is 2. The van der Waals surface area contributed by atoms with Gasteiger partial charge in [0.25, 0.3) is 0 Å². The fourth-order valence-corrected chi connectivity index (χ4v) is 3.04. The zero-order valence-electron chi connectivity index (χ0n) is 16.7. The van der Waals surface area contributed by atoms with Crippen LogP contribution in [0.5, 0.6) is 11.5 Å². The maximum Gasteiger partial charge on any atom is 0.363 e. The Morgan fingerprint density at radius 1 is 1.06 bits per heavy atom. The summed E-state index contributed by atoms with van der Waals surface area (Å²) in [6, 6.07) is 16.6. The first-order chi connectivity index (χ1) is 15.4. The van der Waals surface area contributed by atoms with E-state index in [0.717, 1.165) is 6.07 Å². The van der Waals surface area contributed by atoms with Crippen molar-refractivity contribution in [3.05, 3.63) is 100.0 Å². The molecule has 3 aromatic rings. The second-order valence-electron chi connectivity index (χ2n) is 6.65. The fraction of sp³-hybridized carbons (Fsp3) is 0.0417. The molecule has 1 heterocycles. The van der Waals surface area contributed by atoms with E-state index < -0.39 is 17.8 Å². The van der Waals surface area contributed by atoms with E-state index in [-0.39, 0.29) is 28.7 Å². The predicted molar refractivity (Wildman–Crippen MR) is 116 cm³/mol. The summed E-state index contributed by atoms with van der Waals surface area (Å²) in [5.74, 6) is -1.32. The van der Waals surface area contributed by atoms with Crippen LogP contribution in [0.2, 0.25) is 5.02 Å². The standard InChI is InChI=1S/C24H15ClFNO5/c1-30-21-12-14(5-10-20(21)31-23(28)16-3-2-4-18(26)13-16)11-19-24(29)32-22(27-19)15-6-8-17(25)9-7-15/h2-13H,1H3/b19-11+. The second kappa shape index (κ2) is 9.03. The van der Waals surface area contributed by atoms with Gasteiger partial charge in [0, 0.05) is 10.6 Å². The number of nitrogens with zero attached hydrogens (tertiary/aromatic N) is 1. The topological polar surface area (TPSA) is 74.2 Å². The van der Waals surface area contributed by atoms with Gasteiger partial charge in [0.1, 0.15) is 5.82 Å². The summed E-state index contributed by atoms with van der Waals surface area (Å²) in [6.45, 7) is 0. The number of hydrogen-bond acceptors (Lipinski definition) is 6. The molecule has 0 saturated carbocycles. The lowest BCUT2D eigenvalue weighted by molar-refractivity contribution is -0.129. The quantitative estimate of drug-likeness (QED) is 0.308. The van der Waals surface area contributed by atoms with Crippen molar-refractivity contribution in [2.24, 2.45) is 4.99 Å². The molecule has 0 spiro atoms. The number of aliphatic imine (C=N–C) groups is 1. The average Bonchev–Trinajstić information content (AvgIpc) is 3.15. The fourth-order valence-electron chi connectivity index (χ4n) is 2.92. The smallest absolute Gasteiger partial charge is 0.363 e. The van der Waals surface area contributed by atoms with Crippen molar-refractivity contribution in [1.82, 2.24) is 0 Å². The van der Waals surface area contributed by atoms with Gasteiger partial charge in [-0.15, -0.1) is 0 Å². The summed E-state index contributed by atoms with van der Waals surface area (Å²) in [5.41, 5.74) is 1.35. The van der Waals surface area contributed by atoms with Crippen LogP contribution in [0.15, 0.2) is 77.4 Å². The van der Waals surface area contributed by atoms with Crippen molar-refractivity contribution in [3.8, 4) is 11.5 Å². The summed E-state index contributed by atoms with van der Waals surface area (Å²) in [6.07, 6.45) is 1.52.